The highest BCUT2D eigenvalue weighted by atomic mass is 35.5. The summed E-state index contributed by atoms with van der Waals surface area (Å²) in [5.74, 6) is -1.72. The van der Waals surface area contributed by atoms with E-state index < -0.39 is 23.4 Å². The molecular formula is C23H14ClF2NO2S. The van der Waals surface area contributed by atoms with Crippen LogP contribution in [0.3, 0.4) is 0 Å². The van der Waals surface area contributed by atoms with E-state index in [0.29, 0.717) is 11.3 Å². The maximum absolute atomic E-state index is 13.6. The molecular weight excluding hydrogens is 428 g/mol. The van der Waals surface area contributed by atoms with Crippen LogP contribution in [0, 0.1) is 11.6 Å². The molecule has 30 heavy (non-hydrogen) atoms. The molecule has 0 atom stereocenters. The van der Waals surface area contributed by atoms with Crippen molar-refractivity contribution in [2.45, 2.75) is 5.75 Å². The van der Waals surface area contributed by atoms with Gasteiger partial charge < -0.3 is 0 Å². The third kappa shape index (κ3) is 3.88. The summed E-state index contributed by atoms with van der Waals surface area (Å²) in [4.78, 5) is 27.6. The Kier molecular flexibility index (Phi) is 5.70. The molecule has 4 rings (SSSR count). The van der Waals surface area contributed by atoms with Crippen molar-refractivity contribution < 1.29 is 18.4 Å². The Morgan fingerprint density at radius 2 is 1.57 bits per heavy atom. The lowest BCUT2D eigenvalue weighted by Gasteiger charge is -2.15. The van der Waals surface area contributed by atoms with Gasteiger partial charge in [0.25, 0.3) is 11.8 Å². The van der Waals surface area contributed by atoms with Crippen molar-refractivity contribution in [2.24, 2.45) is 0 Å². The summed E-state index contributed by atoms with van der Waals surface area (Å²) in [6, 6.07) is 18.6. The number of carbonyl (C=O) groups excluding carboxylic acids is 2. The average molecular weight is 442 g/mol. The van der Waals surface area contributed by atoms with E-state index in [1.807, 2.05) is 30.3 Å². The molecule has 1 aliphatic heterocycles. The normalized spacial score (nSPS) is 14.0. The average Bonchev–Trinajstić information content (AvgIpc) is 2.99. The summed E-state index contributed by atoms with van der Waals surface area (Å²) in [6.07, 6.45) is 0. The summed E-state index contributed by atoms with van der Waals surface area (Å²) in [5.41, 5.74) is 1.77. The summed E-state index contributed by atoms with van der Waals surface area (Å²) in [7, 11) is 0. The molecule has 0 fully saturated rings. The SMILES string of the molecule is O=C1C(SCc2ccccc2)=C(c2ccc(F)cc2)C(=O)N1c1ccc(F)c(Cl)c1. The van der Waals surface area contributed by atoms with Crippen LogP contribution in [0.25, 0.3) is 5.57 Å². The fourth-order valence-electron chi connectivity index (χ4n) is 3.10. The van der Waals surface area contributed by atoms with Crippen LogP contribution in [-0.2, 0) is 15.3 Å². The molecule has 3 aromatic rings. The van der Waals surface area contributed by atoms with E-state index in [4.69, 9.17) is 11.6 Å². The molecule has 0 bridgehead atoms. The first kappa shape index (κ1) is 20.3. The van der Waals surface area contributed by atoms with Gasteiger partial charge in [0.1, 0.15) is 11.6 Å². The highest BCUT2D eigenvalue weighted by molar-refractivity contribution is 8.03. The lowest BCUT2D eigenvalue weighted by atomic mass is 10.1. The van der Waals surface area contributed by atoms with Gasteiger partial charge in [-0.25, -0.2) is 13.7 Å². The fraction of sp³-hybridized carbons (Fsp3) is 0.0435. The first-order valence-corrected chi connectivity index (χ1v) is 10.3. The molecule has 0 saturated carbocycles. The largest absolute Gasteiger partial charge is 0.272 e. The maximum Gasteiger partial charge on any atom is 0.272 e. The molecule has 0 saturated heterocycles. The van der Waals surface area contributed by atoms with Gasteiger partial charge in [0.05, 0.1) is 21.2 Å². The second-order valence-corrected chi connectivity index (χ2v) is 7.92. The number of imide groups is 1. The topological polar surface area (TPSA) is 37.4 Å². The Morgan fingerprint density at radius 3 is 2.23 bits per heavy atom. The lowest BCUT2D eigenvalue weighted by Crippen LogP contribution is -2.31. The maximum atomic E-state index is 13.6. The van der Waals surface area contributed by atoms with Gasteiger partial charge in [-0.2, -0.15) is 0 Å². The first-order valence-electron chi connectivity index (χ1n) is 8.96. The molecule has 0 unspecified atom stereocenters. The minimum atomic E-state index is -0.648. The third-order valence-corrected chi connectivity index (χ3v) is 6.00. The Morgan fingerprint density at radius 1 is 0.867 bits per heavy atom. The molecule has 1 heterocycles. The quantitative estimate of drug-likeness (QED) is 0.467. The number of halogens is 3. The fourth-order valence-corrected chi connectivity index (χ4v) is 4.35. The molecule has 0 aromatic heterocycles. The van der Waals surface area contributed by atoms with E-state index >= 15 is 0 Å². The number of nitrogens with zero attached hydrogens (tertiary/aromatic N) is 1. The van der Waals surface area contributed by atoms with Crippen molar-refractivity contribution >= 4 is 46.4 Å². The number of hydrogen-bond acceptors (Lipinski definition) is 3. The van der Waals surface area contributed by atoms with Gasteiger partial charge in [0.2, 0.25) is 0 Å². The van der Waals surface area contributed by atoms with Gasteiger partial charge in [-0.1, -0.05) is 54.1 Å². The van der Waals surface area contributed by atoms with Crippen molar-refractivity contribution in [1.29, 1.82) is 0 Å². The summed E-state index contributed by atoms with van der Waals surface area (Å²) in [6.45, 7) is 0. The van der Waals surface area contributed by atoms with Gasteiger partial charge in [-0.3, -0.25) is 9.59 Å². The number of hydrogen-bond donors (Lipinski definition) is 0. The van der Waals surface area contributed by atoms with E-state index in [1.165, 1.54) is 48.2 Å². The zero-order chi connectivity index (χ0) is 21.3. The highest BCUT2D eigenvalue weighted by Gasteiger charge is 2.40. The van der Waals surface area contributed by atoms with Gasteiger partial charge >= 0.3 is 0 Å². The number of thioether (sulfide) groups is 1. The first-order chi connectivity index (χ1) is 14.5. The molecule has 3 aromatic carbocycles. The van der Waals surface area contributed by atoms with Crippen LogP contribution in [0.2, 0.25) is 5.02 Å². The highest BCUT2D eigenvalue weighted by Crippen LogP contribution is 2.40. The van der Waals surface area contributed by atoms with Crippen molar-refractivity contribution in [1.82, 2.24) is 0 Å². The molecule has 2 amide bonds. The summed E-state index contributed by atoms with van der Waals surface area (Å²) < 4.78 is 27.0. The Hall–Kier alpha value is -2.96. The van der Waals surface area contributed by atoms with Crippen LogP contribution < -0.4 is 4.90 Å². The van der Waals surface area contributed by atoms with Crippen LogP contribution in [0.4, 0.5) is 14.5 Å². The Balaban J connectivity index is 1.75. The predicted octanol–water partition coefficient (Wildman–Crippen LogP) is 5.84. The predicted molar refractivity (Wildman–Crippen MR) is 115 cm³/mol. The summed E-state index contributed by atoms with van der Waals surface area (Å²) >= 11 is 7.08. The van der Waals surface area contributed by atoms with E-state index in [9.17, 15) is 18.4 Å². The minimum absolute atomic E-state index is 0.173. The van der Waals surface area contributed by atoms with Crippen molar-refractivity contribution in [3.05, 3.63) is 105 Å². The smallest absolute Gasteiger partial charge is 0.268 e. The zero-order valence-electron chi connectivity index (χ0n) is 15.4. The van der Waals surface area contributed by atoms with Crippen LogP contribution >= 0.6 is 23.4 Å². The molecule has 7 heteroatoms. The number of carbonyl (C=O) groups is 2. The molecule has 150 valence electrons. The van der Waals surface area contributed by atoms with Gasteiger partial charge in [-0.15, -0.1) is 11.8 Å². The van der Waals surface area contributed by atoms with Gasteiger partial charge in [0, 0.05) is 5.75 Å². The zero-order valence-corrected chi connectivity index (χ0v) is 17.0. The molecule has 0 aliphatic carbocycles. The molecule has 0 N–H and O–H groups in total. The minimum Gasteiger partial charge on any atom is -0.268 e. The molecule has 0 radical (unpaired) electrons. The number of benzene rings is 3. The van der Waals surface area contributed by atoms with Crippen molar-refractivity contribution in [2.75, 3.05) is 4.90 Å². The Bertz CT molecular complexity index is 1160. The molecule has 3 nitrogen and oxygen atoms in total. The van der Waals surface area contributed by atoms with Crippen LogP contribution in [-0.4, -0.2) is 11.8 Å². The number of rotatable bonds is 5. The monoisotopic (exact) mass is 441 g/mol. The van der Waals surface area contributed by atoms with Crippen LogP contribution in [0.15, 0.2) is 77.7 Å². The van der Waals surface area contributed by atoms with Crippen molar-refractivity contribution in [3.63, 3.8) is 0 Å². The van der Waals surface area contributed by atoms with E-state index in [0.717, 1.165) is 16.5 Å². The van der Waals surface area contributed by atoms with Crippen LogP contribution in [0.5, 0.6) is 0 Å². The van der Waals surface area contributed by atoms with E-state index in [1.54, 1.807) is 0 Å². The number of anilines is 1. The van der Waals surface area contributed by atoms with Crippen LogP contribution in [0.1, 0.15) is 11.1 Å². The molecule has 1 aliphatic rings. The molecule has 0 spiro atoms. The third-order valence-electron chi connectivity index (χ3n) is 4.56. The van der Waals surface area contributed by atoms with Crippen molar-refractivity contribution in [3.8, 4) is 0 Å². The second kappa shape index (κ2) is 8.42. The number of amides is 2. The standard InChI is InChI=1S/C23H14ClF2NO2S/c24-18-12-17(10-11-19(18)26)27-22(28)20(15-6-8-16(25)9-7-15)21(23(27)29)30-13-14-4-2-1-3-5-14/h1-12H,13H2. The second-order valence-electron chi connectivity index (χ2n) is 6.53. The van der Waals surface area contributed by atoms with E-state index in [-0.39, 0.29) is 21.2 Å². The van der Waals surface area contributed by atoms with Gasteiger partial charge in [-0.05, 0) is 41.5 Å². The van der Waals surface area contributed by atoms with Gasteiger partial charge in [0.15, 0.2) is 0 Å². The van der Waals surface area contributed by atoms with E-state index in [2.05, 4.69) is 0 Å². The summed E-state index contributed by atoms with van der Waals surface area (Å²) in [5, 5.41) is -0.193. The lowest BCUT2D eigenvalue weighted by molar-refractivity contribution is -0.119. The Labute approximate surface area is 181 Å².